The van der Waals surface area contributed by atoms with Crippen LogP contribution in [0.4, 0.5) is 0 Å². The minimum Gasteiger partial charge on any atom is -0.466 e. The van der Waals surface area contributed by atoms with Gasteiger partial charge >= 0.3 is 5.97 Å². The molecule has 1 heterocycles. The second-order valence-electron chi connectivity index (χ2n) is 5.00. The van der Waals surface area contributed by atoms with E-state index in [2.05, 4.69) is 11.8 Å². The van der Waals surface area contributed by atoms with E-state index >= 15 is 0 Å². The van der Waals surface area contributed by atoms with Crippen LogP contribution in [-0.2, 0) is 14.3 Å². The van der Waals surface area contributed by atoms with E-state index in [4.69, 9.17) is 4.74 Å². The first-order chi connectivity index (χ1) is 8.65. The van der Waals surface area contributed by atoms with Crippen LogP contribution in [0.2, 0.25) is 0 Å². The molecule has 0 aromatic carbocycles. The maximum Gasteiger partial charge on any atom is 0.306 e. The maximum atomic E-state index is 11.8. The van der Waals surface area contributed by atoms with Gasteiger partial charge in [0.25, 0.3) is 0 Å². The number of carbonyl (C=O) groups is 2. The fourth-order valence-electron chi connectivity index (χ4n) is 2.43. The van der Waals surface area contributed by atoms with Crippen molar-refractivity contribution < 1.29 is 14.3 Å². The Labute approximate surface area is 110 Å². The van der Waals surface area contributed by atoms with E-state index in [9.17, 15) is 9.59 Å². The summed E-state index contributed by atoms with van der Waals surface area (Å²) < 4.78 is 4.81. The number of likely N-dealkylation sites (tertiary alicyclic amines) is 1. The quantitative estimate of drug-likeness (QED) is 0.653. The van der Waals surface area contributed by atoms with E-state index in [1.807, 2.05) is 0 Å². The van der Waals surface area contributed by atoms with E-state index in [1.54, 1.807) is 6.92 Å². The van der Waals surface area contributed by atoms with E-state index < -0.39 is 0 Å². The fourth-order valence-corrected chi connectivity index (χ4v) is 2.43. The van der Waals surface area contributed by atoms with Gasteiger partial charge in [-0.15, -0.1) is 0 Å². The first-order valence-corrected chi connectivity index (χ1v) is 7.05. The average molecular weight is 255 g/mol. The standard InChI is InChI=1S/C14H25NO3/c1-3-12-6-5-9-15(10-12)11-13(16)7-8-14(17)18-4-2/h12H,3-11H2,1-2H3. The van der Waals surface area contributed by atoms with E-state index in [1.165, 1.54) is 19.3 Å². The van der Waals surface area contributed by atoms with Crippen LogP contribution in [0.3, 0.4) is 0 Å². The number of ether oxygens (including phenoxy) is 1. The maximum absolute atomic E-state index is 11.8. The van der Waals surface area contributed by atoms with Crippen LogP contribution in [0.5, 0.6) is 0 Å². The second-order valence-corrected chi connectivity index (χ2v) is 5.00. The number of esters is 1. The SMILES string of the molecule is CCOC(=O)CCC(=O)CN1CCCC(CC)C1. The molecule has 4 nitrogen and oxygen atoms in total. The Bertz CT molecular complexity index is 278. The van der Waals surface area contributed by atoms with Crippen molar-refractivity contribution in [1.82, 2.24) is 4.90 Å². The molecule has 0 saturated carbocycles. The predicted molar refractivity (Wildman–Crippen MR) is 70.3 cm³/mol. The van der Waals surface area contributed by atoms with Crippen molar-refractivity contribution in [2.24, 2.45) is 5.92 Å². The van der Waals surface area contributed by atoms with Gasteiger partial charge in [-0.3, -0.25) is 14.5 Å². The summed E-state index contributed by atoms with van der Waals surface area (Å²) in [5, 5.41) is 0. The topological polar surface area (TPSA) is 46.6 Å². The van der Waals surface area contributed by atoms with Crippen LogP contribution < -0.4 is 0 Å². The van der Waals surface area contributed by atoms with Crippen molar-refractivity contribution in [2.45, 2.75) is 46.0 Å². The molecule has 18 heavy (non-hydrogen) atoms. The highest BCUT2D eigenvalue weighted by Gasteiger charge is 2.20. The zero-order chi connectivity index (χ0) is 13.4. The highest BCUT2D eigenvalue weighted by molar-refractivity contribution is 5.84. The molecule has 1 saturated heterocycles. The molecule has 4 heteroatoms. The van der Waals surface area contributed by atoms with E-state index in [0.29, 0.717) is 19.6 Å². The third-order valence-electron chi connectivity index (χ3n) is 3.49. The molecule has 0 bridgehead atoms. The Morgan fingerprint density at radius 1 is 1.28 bits per heavy atom. The Morgan fingerprint density at radius 3 is 2.72 bits per heavy atom. The van der Waals surface area contributed by atoms with Gasteiger partial charge in [0.15, 0.2) is 0 Å². The summed E-state index contributed by atoms with van der Waals surface area (Å²) >= 11 is 0. The number of carbonyl (C=O) groups excluding carboxylic acids is 2. The van der Waals surface area contributed by atoms with Crippen LogP contribution >= 0.6 is 0 Å². The fraction of sp³-hybridized carbons (Fsp3) is 0.857. The smallest absolute Gasteiger partial charge is 0.306 e. The van der Waals surface area contributed by atoms with Crippen molar-refractivity contribution in [3.63, 3.8) is 0 Å². The second kappa shape index (κ2) is 8.25. The molecule has 104 valence electrons. The van der Waals surface area contributed by atoms with Gasteiger partial charge in [0.05, 0.1) is 19.6 Å². The van der Waals surface area contributed by atoms with Crippen molar-refractivity contribution in [2.75, 3.05) is 26.2 Å². The summed E-state index contributed by atoms with van der Waals surface area (Å²) in [6.07, 6.45) is 4.19. The number of nitrogens with zero attached hydrogens (tertiary/aromatic N) is 1. The van der Waals surface area contributed by atoms with Gasteiger partial charge in [0.1, 0.15) is 5.78 Å². The molecule has 0 aromatic heterocycles. The lowest BCUT2D eigenvalue weighted by Crippen LogP contribution is -2.38. The van der Waals surface area contributed by atoms with Gasteiger partial charge in [0.2, 0.25) is 0 Å². The van der Waals surface area contributed by atoms with Crippen LogP contribution in [0.25, 0.3) is 0 Å². The summed E-state index contributed by atoms with van der Waals surface area (Å²) in [6.45, 7) is 6.91. The van der Waals surface area contributed by atoms with Crippen molar-refractivity contribution >= 4 is 11.8 Å². The molecule has 1 aliphatic rings. The Kier molecular flexibility index (Phi) is 6.94. The van der Waals surface area contributed by atoms with Crippen molar-refractivity contribution in [3.05, 3.63) is 0 Å². The summed E-state index contributed by atoms with van der Waals surface area (Å²) in [4.78, 5) is 25.1. The number of hydrogen-bond donors (Lipinski definition) is 0. The molecule has 0 aromatic rings. The summed E-state index contributed by atoms with van der Waals surface area (Å²) in [6, 6.07) is 0. The van der Waals surface area contributed by atoms with Crippen LogP contribution in [0, 0.1) is 5.92 Å². The van der Waals surface area contributed by atoms with Gasteiger partial charge in [0, 0.05) is 13.0 Å². The first kappa shape index (κ1) is 15.2. The lowest BCUT2D eigenvalue weighted by molar-refractivity contribution is -0.144. The molecule has 0 aliphatic carbocycles. The van der Waals surface area contributed by atoms with Crippen molar-refractivity contribution in [3.8, 4) is 0 Å². The first-order valence-electron chi connectivity index (χ1n) is 7.05. The number of piperidine rings is 1. The van der Waals surface area contributed by atoms with E-state index in [-0.39, 0.29) is 18.2 Å². The summed E-state index contributed by atoms with van der Waals surface area (Å²) in [5.41, 5.74) is 0. The van der Waals surface area contributed by atoms with Crippen LogP contribution in [-0.4, -0.2) is 42.9 Å². The molecular formula is C14H25NO3. The highest BCUT2D eigenvalue weighted by Crippen LogP contribution is 2.18. The molecular weight excluding hydrogens is 230 g/mol. The monoisotopic (exact) mass is 255 g/mol. The minimum absolute atomic E-state index is 0.153. The van der Waals surface area contributed by atoms with Gasteiger partial charge in [-0.2, -0.15) is 0 Å². The number of hydrogen-bond acceptors (Lipinski definition) is 4. The van der Waals surface area contributed by atoms with Gasteiger partial charge in [-0.25, -0.2) is 0 Å². The normalized spacial score (nSPS) is 20.7. The third kappa shape index (κ3) is 5.63. The Morgan fingerprint density at radius 2 is 2.06 bits per heavy atom. The Balaban J connectivity index is 2.21. The van der Waals surface area contributed by atoms with Gasteiger partial charge in [-0.05, 0) is 32.2 Å². The highest BCUT2D eigenvalue weighted by atomic mass is 16.5. The molecule has 1 rings (SSSR count). The van der Waals surface area contributed by atoms with Gasteiger partial charge in [-0.1, -0.05) is 13.3 Å². The molecule has 1 aliphatic heterocycles. The van der Waals surface area contributed by atoms with Crippen LogP contribution in [0.15, 0.2) is 0 Å². The number of rotatable bonds is 7. The molecule has 0 spiro atoms. The zero-order valence-electron chi connectivity index (χ0n) is 11.6. The Hall–Kier alpha value is -0.900. The lowest BCUT2D eigenvalue weighted by Gasteiger charge is -2.31. The number of ketones is 1. The number of Topliss-reactive ketones (excluding diaryl/α,β-unsaturated/α-hetero) is 1. The lowest BCUT2D eigenvalue weighted by atomic mass is 9.95. The molecule has 1 fully saturated rings. The molecule has 0 radical (unpaired) electrons. The average Bonchev–Trinajstić information content (AvgIpc) is 2.37. The van der Waals surface area contributed by atoms with Gasteiger partial charge < -0.3 is 4.74 Å². The van der Waals surface area contributed by atoms with Crippen molar-refractivity contribution in [1.29, 1.82) is 0 Å². The summed E-state index contributed by atoms with van der Waals surface area (Å²) in [7, 11) is 0. The molecule has 1 unspecified atom stereocenters. The molecule has 0 amide bonds. The van der Waals surface area contributed by atoms with E-state index in [0.717, 1.165) is 19.0 Å². The molecule has 1 atom stereocenters. The summed E-state index contributed by atoms with van der Waals surface area (Å²) in [5.74, 6) is 0.618. The van der Waals surface area contributed by atoms with Crippen LogP contribution in [0.1, 0.15) is 46.0 Å². The zero-order valence-corrected chi connectivity index (χ0v) is 11.6. The third-order valence-corrected chi connectivity index (χ3v) is 3.49. The predicted octanol–water partition coefficient (Wildman–Crippen LogP) is 2.02. The minimum atomic E-state index is -0.268. The largest absolute Gasteiger partial charge is 0.466 e. The molecule has 0 N–H and O–H groups in total.